The lowest BCUT2D eigenvalue weighted by atomic mass is 9.95. The molecular weight excluding hydrogens is 365 g/mol. The van der Waals surface area contributed by atoms with Gasteiger partial charge in [-0.25, -0.2) is 9.97 Å². The van der Waals surface area contributed by atoms with Crippen molar-refractivity contribution in [3.8, 4) is 0 Å². The molecule has 138 valence electrons. The molecule has 4 rings (SSSR count). The Kier molecular flexibility index (Phi) is 4.34. The average Bonchev–Trinajstić information content (AvgIpc) is 3.01. The van der Waals surface area contributed by atoms with Crippen molar-refractivity contribution in [2.45, 2.75) is 44.3 Å². The lowest BCUT2D eigenvalue weighted by molar-refractivity contribution is -0.115. The molecule has 0 saturated heterocycles. The number of nitrogens with zero attached hydrogens (tertiary/aromatic N) is 3. The Bertz CT molecular complexity index is 1000. The number of hydrogen-bond acceptors (Lipinski definition) is 5. The van der Waals surface area contributed by atoms with Crippen LogP contribution in [0.2, 0.25) is 0 Å². The zero-order chi connectivity index (χ0) is 18.3. The Morgan fingerprint density at radius 2 is 2.00 bits per heavy atom. The van der Waals surface area contributed by atoms with E-state index in [0.717, 1.165) is 25.7 Å². The molecule has 0 unspecified atom stereocenters. The quantitative estimate of drug-likeness (QED) is 0.725. The number of rotatable bonds is 3. The minimum atomic E-state index is -4.33. The van der Waals surface area contributed by atoms with E-state index in [1.54, 1.807) is 4.57 Å². The molecule has 1 N–H and O–H groups in total. The Morgan fingerprint density at radius 1 is 1.23 bits per heavy atom. The number of thiophene rings is 1. The van der Waals surface area contributed by atoms with E-state index in [-0.39, 0.29) is 11.6 Å². The highest BCUT2D eigenvalue weighted by molar-refractivity contribution is 7.25. The first-order valence-corrected chi connectivity index (χ1v) is 9.35. The van der Waals surface area contributed by atoms with Gasteiger partial charge in [0.2, 0.25) is 0 Å². The Labute approximate surface area is 150 Å². The molecule has 0 bridgehead atoms. The van der Waals surface area contributed by atoms with E-state index in [2.05, 4.69) is 15.3 Å². The van der Waals surface area contributed by atoms with Crippen molar-refractivity contribution in [2.24, 2.45) is 0 Å². The number of fused-ring (bicyclic) bond motifs is 3. The largest absolute Gasteiger partial charge is 0.405 e. The molecule has 0 aromatic carbocycles. The lowest BCUT2D eigenvalue weighted by Crippen LogP contribution is -2.26. The van der Waals surface area contributed by atoms with Crippen LogP contribution in [0.25, 0.3) is 20.4 Å². The van der Waals surface area contributed by atoms with Crippen LogP contribution in [0.3, 0.4) is 0 Å². The second-order valence-corrected chi connectivity index (χ2v) is 7.54. The summed E-state index contributed by atoms with van der Waals surface area (Å²) in [5.41, 5.74) is 0.576. The summed E-state index contributed by atoms with van der Waals surface area (Å²) in [6, 6.07) is 1.63. The molecule has 0 spiro atoms. The fraction of sp³-hybridized carbons (Fsp3) is 0.471. The summed E-state index contributed by atoms with van der Waals surface area (Å²) in [5.74, 6) is 0. The maximum absolute atomic E-state index is 12.9. The predicted molar refractivity (Wildman–Crippen MR) is 95.8 cm³/mol. The van der Waals surface area contributed by atoms with Crippen LogP contribution >= 0.6 is 11.3 Å². The van der Waals surface area contributed by atoms with Crippen molar-refractivity contribution in [2.75, 3.05) is 11.9 Å². The molecule has 3 aromatic heterocycles. The van der Waals surface area contributed by atoms with Gasteiger partial charge in [-0.2, -0.15) is 13.2 Å². The molecule has 1 fully saturated rings. The summed E-state index contributed by atoms with van der Waals surface area (Å²) >= 11 is 1.19. The van der Waals surface area contributed by atoms with Crippen LogP contribution in [-0.2, 0) is 0 Å². The molecule has 0 aliphatic heterocycles. The van der Waals surface area contributed by atoms with Gasteiger partial charge in [0.05, 0.1) is 17.2 Å². The van der Waals surface area contributed by atoms with Crippen molar-refractivity contribution in [1.29, 1.82) is 0 Å². The Morgan fingerprint density at radius 3 is 2.73 bits per heavy atom. The van der Waals surface area contributed by atoms with Gasteiger partial charge in [-0.1, -0.05) is 19.3 Å². The Balaban J connectivity index is 1.82. The number of anilines is 1. The molecule has 5 nitrogen and oxygen atoms in total. The van der Waals surface area contributed by atoms with Crippen molar-refractivity contribution in [3.63, 3.8) is 0 Å². The molecule has 3 aromatic rings. The normalized spacial score (nSPS) is 16.4. The molecule has 0 amide bonds. The second-order valence-electron chi connectivity index (χ2n) is 6.54. The molecule has 0 atom stereocenters. The minimum Gasteiger partial charge on any atom is -0.376 e. The number of nitrogens with one attached hydrogen (secondary N) is 1. The third-order valence-corrected chi connectivity index (χ3v) is 5.83. The third-order valence-electron chi connectivity index (χ3n) is 4.75. The standard InChI is InChI=1S/C17H17F3N4OS/c18-17(19,20)8-22-11-6-7-21-15-12(11)13-14(26-15)16(25)24(9-23-13)10-4-2-1-3-5-10/h6-7,9-10H,1-5,8H2,(H,21,22). The molecule has 1 aliphatic rings. The van der Waals surface area contributed by atoms with Gasteiger partial charge in [-0.05, 0) is 18.9 Å². The lowest BCUT2D eigenvalue weighted by Gasteiger charge is -2.23. The zero-order valence-corrected chi connectivity index (χ0v) is 14.7. The van der Waals surface area contributed by atoms with E-state index >= 15 is 0 Å². The summed E-state index contributed by atoms with van der Waals surface area (Å²) in [5, 5.41) is 2.87. The predicted octanol–water partition coefficient (Wildman–Crippen LogP) is 4.49. The molecule has 9 heteroatoms. The van der Waals surface area contributed by atoms with Gasteiger partial charge in [0, 0.05) is 17.9 Å². The highest BCUT2D eigenvalue weighted by Crippen LogP contribution is 2.35. The topological polar surface area (TPSA) is 59.8 Å². The van der Waals surface area contributed by atoms with Gasteiger partial charge in [0.25, 0.3) is 5.56 Å². The summed E-state index contributed by atoms with van der Waals surface area (Å²) in [6.45, 7) is -1.15. The van der Waals surface area contributed by atoms with Crippen molar-refractivity contribution >= 4 is 37.5 Å². The smallest absolute Gasteiger partial charge is 0.376 e. The van der Waals surface area contributed by atoms with Gasteiger partial charge < -0.3 is 5.32 Å². The summed E-state index contributed by atoms with van der Waals surface area (Å²) < 4.78 is 39.8. The summed E-state index contributed by atoms with van der Waals surface area (Å²) in [4.78, 5) is 22.1. The van der Waals surface area contributed by atoms with Crippen molar-refractivity contribution < 1.29 is 13.2 Å². The van der Waals surface area contributed by atoms with E-state index in [9.17, 15) is 18.0 Å². The highest BCUT2D eigenvalue weighted by atomic mass is 32.1. The van der Waals surface area contributed by atoms with Crippen molar-refractivity contribution in [1.82, 2.24) is 14.5 Å². The third kappa shape index (κ3) is 3.15. The first kappa shape index (κ1) is 17.3. The van der Waals surface area contributed by atoms with E-state index in [1.807, 2.05) is 0 Å². The number of hydrogen-bond donors (Lipinski definition) is 1. The van der Waals surface area contributed by atoms with Crippen LogP contribution in [0.1, 0.15) is 38.1 Å². The monoisotopic (exact) mass is 382 g/mol. The molecule has 1 saturated carbocycles. The highest BCUT2D eigenvalue weighted by Gasteiger charge is 2.27. The van der Waals surface area contributed by atoms with Gasteiger partial charge >= 0.3 is 6.18 Å². The number of halogens is 3. The molecule has 0 radical (unpaired) electrons. The first-order valence-electron chi connectivity index (χ1n) is 8.53. The number of aromatic nitrogens is 3. The second kappa shape index (κ2) is 6.53. The van der Waals surface area contributed by atoms with Crippen LogP contribution in [0.15, 0.2) is 23.4 Å². The molecule has 3 heterocycles. The fourth-order valence-electron chi connectivity index (χ4n) is 3.53. The maximum Gasteiger partial charge on any atom is 0.405 e. The summed E-state index contributed by atoms with van der Waals surface area (Å²) in [6.07, 6.45) is 3.92. The van der Waals surface area contributed by atoms with Gasteiger partial charge in [0.15, 0.2) is 0 Å². The molecular formula is C17H17F3N4OS. The van der Waals surface area contributed by atoms with Crippen LogP contribution in [0, 0.1) is 0 Å². The van der Waals surface area contributed by atoms with Crippen molar-refractivity contribution in [3.05, 3.63) is 28.9 Å². The number of alkyl halides is 3. The average molecular weight is 382 g/mol. The first-order chi connectivity index (χ1) is 12.4. The SMILES string of the molecule is O=c1c2sc3nccc(NCC(F)(F)F)c3c2ncn1C1CCCCC1. The van der Waals surface area contributed by atoms with Crippen LogP contribution in [0.4, 0.5) is 18.9 Å². The minimum absolute atomic E-state index is 0.133. The molecule has 26 heavy (non-hydrogen) atoms. The summed E-state index contributed by atoms with van der Waals surface area (Å²) in [7, 11) is 0. The maximum atomic E-state index is 12.9. The van der Waals surface area contributed by atoms with Gasteiger partial charge in [0.1, 0.15) is 16.1 Å². The van der Waals surface area contributed by atoms with E-state index in [4.69, 9.17) is 0 Å². The fourth-order valence-corrected chi connectivity index (χ4v) is 4.59. The van der Waals surface area contributed by atoms with Gasteiger partial charge in [-0.3, -0.25) is 9.36 Å². The van der Waals surface area contributed by atoms with E-state index in [1.165, 1.54) is 36.3 Å². The van der Waals surface area contributed by atoms with Gasteiger partial charge in [-0.15, -0.1) is 11.3 Å². The zero-order valence-electron chi connectivity index (χ0n) is 13.8. The van der Waals surface area contributed by atoms with E-state index < -0.39 is 12.7 Å². The van der Waals surface area contributed by atoms with Crippen LogP contribution in [0.5, 0.6) is 0 Å². The van der Waals surface area contributed by atoms with E-state index in [0.29, 0.717) is 26.1 Å². The van der Waals surface area contributed by atoms with Crippen LogP contribution < -0.4 is 10.9 Å². The van der Waals surface area contributed by atoms with Crippen LogP contribution in [-0.4, -0.2) is 27.3 Å². The number of pyridine rings is 1. The Hall–Kier alpha value is -2.16. The molecule has 1 aliphatic carbocycles.